The number of nitrogens with one attached hydrogen (secondary N) is 1. The molecule has 0 spiro atoms. The van der Waals surface area contributed by atoms with Gasteiger partial charge in [0.15, 0.2) is 0 Å². The lowest BCUT2D eigenvalue weighted by Gasteiger charge is -2.08. The molecular formula is C24H19ClN4. The average Bonchev–Trinajstić information content (AvgIpc) is 2.76. The molecule has 0 fully saturated rings. The second kappa shape index (κ2) is 8.67. The monoisotopic (exact) mass is 398 g/mol. The number of nitrogens with zero attached hydrogens (tertiary/aromatic N) is 3. The van der Waals surface area contributed by atoms with Crippen molar-refractivity contribution in [3.05, 3.63) is 101 Å². The normalized spacial score (nSPS) is 11.0. The SMILES string of the molecule is Cc1ccc(-c2cc(-c3ccccc3)nc(N/N=C/c3ccccc3Cl)n2)cc1. The molecule has 3 aromatic carbocycles. The first-order chi connectivity index (χ1) is 14.2. The van der Waals surface area contributed by atoms with Crippen molar-refractivity contribution in [2.24, 2.45) is 5.10 Å². The van der Waals surface area contributed by atoms with Crippen molar-refractivity contribution in [3.8, 4) is 22.5 Å². The van der Waals surface area contributed by atoms with Crippen LogP contribution >= 0.6 is 11.6 Å². The molecule has 0 aliphatic heterocycles. The van der Waals surface area contributed by atoms with Crippen molar-refractivity contribution in [1.82, 2.24) is 9.97 Å². The van der Waals surface area contributed by atoms with Crippen LogP contribution in [0.25, 0.3) is 22.5 Å². The Bertz CT molecular complexity index is 1140. The Kier molecular flexibility index (Phi) is 5.63. The van der Waals surface area contributed by atoms with Crippen LogP contribution in [0.15, 0.2) is 90.0 Å². The molecule has 29 heavy (non-hydrogen) atoms. The van der Waals surface area contributed by atoms with E-state index in [9.17, 15) is 0 Å². The predicted octanol–water partition coefficient (Wildman–Crippen LogP) is 6.22. The summed E-state index contributed by atoms with van der Waals surface area (Å²) in [6, 6.07) is 27.8. The van der Waals surface area contributed by atoms with Gasteiger partial charge in [0.2, 0.25) is 5.95 Å². The van der Waals surface area contributed by atoms with E-state index in [0.717, 1.165) is 28.1 Å². The van der Waals surface area contributed by atoms with Gasteiger partial charge in [0.1, 0.15) is 0 Å². The van der Waals surface area contributed by atoms with Crippen LogP contribution in [-0.2, 0) is 0 Å². The Morgan fingerprint density at radius 1 is 0.793 bits per heavy atom. The molecule has 0 atom stereocenters. The molecule has 0 bridgehead atoms. The van der Waals surface area contributed by atoms with Crippen LogP contribution in [0.1, 0.15) is 11.1 Å². The van der Waals surface area contributed by atoms with Crippen LogP contribution in [0.5, 0.6) is 0 Å². The van der Waals surface area contributed by atoms with Crippen molar-refractivity contribution < 1.29 is 0 Å². The Balaban J connectivity index is 1.69. The van der Waals surface area contributed by atoms with Gasteiger partial charge in [0, 0.05) is 21.7 Å². The number of halogens is 1. The smallest absolute Gasteiger partial charge is 0.244 e. The zero-order valence-corrected chi connectivity index (χ0v) is 16.6. The van der Waals surface area contributed by atoms with Gasteiger partial charge in [-0.1, -0.05) is 90.0 Å². The lowest BCUT2D eigenvalue weighted by molar-refractivity contribution is 1.13. The van der Waals surface area contributed by atoms with Gasteiger partial charge in [-0.25, -0.2) is 15.4 Å². The molecule has 5 heteroatoms. The van der Waals surface area contributed by atoms with Gasteiger partial charge in [-0.2, -0.15) is 5.10 Å². The molecular weight excluding hydrogens is 380 g/mol. The molecule has 142 valence electrons. The molecule has 0 aliphatic rings. The maximum Gasteiger partial charge on any atom is 0.244 e. The summed E-state index contributed by atoms with van der Waals surface area (Å²) < 4.78 is 0. The fourth-order valence-corrected chi connectivity index (χ4v) is 3.05. The molecule has 1 N–H and O–H groups in total. The maximum absolute atomic E-state index is 6.18. The third-order valence-electron chi connectivity index (χ3n) is 4.42. The zero-order valence-electron chi connectivity index (χ0n) is 15.9. The van der Waals surface area contributed by atoms with Crippen molar-refractivity contribution >= 4 is 23.8 Å². The Hall–Kier alpha value is -3.50. The molecule has 0 unspecified atom stereocenters. The van der Waals surface area contributed by atoms with Crippen LogP contribution in [-0.4, -0.2) is 16.2 Å². The molecule has 1 heterocycles. The van der Waals surface area contributed by atoms with E-state index >= 15 is 0 Å². The van der Waals surface area contributed by atoms with E-state index in [0.29, 0.717) is 11.0 Å². The summed E-state index contributed by atoms with van der Waals surface area (Å²) in [5.41, 5.74) is 8.65. The molecule has 0 radical (unpaired) electrons. The van der Waals surface area contributed by atoms with Gasteiger partial charge < -0.3 is 0 Å². The van der Waals surface area contributed by atoms with Gasteiger partial charge in [0.05, 0.1) is 17.6 Å². The minimum absolute atomic E-state index is 0.422. The van der Waals surface area contributed by atoms with Gasteiger partial charge in [-0.15, -0.1) is 0 Å². The summed E-state index contributed by atoms with van der Waals surface area (Å²) in [5, 5.41) is 4.91. The highest BCUT2D eigenvalue weighted by molar-refractivity contribution is 6.33. The van der Waals surface area contributed by atoms with Crippen LogP contribution in [0.3, 0.4) is 0 Å². The standard InChI is InChI=1S/C24H19ClN4/c1-17-11-13-19(14-12-17)23-15-22(18-7-3-2-4-8-18)27-24(28-23)29-26-16-20-9-5-6-10-21(20)25/h2-16H,1H3,(H,27,28,29)/b26-16+. The molecule has 1 aromatic heterocycles. The number of aryl methyl sites for hydroxylation is 1. The fraction of sp³-hybridized carbons (Fsp3) is 0.0417. The third-order valence-corrected chi connectivity index (χ3v) is 4.76. The van der Waals surface area contributed by atoms with E-state index < -0.39 is 0 Å². The van der Waals surface area contributed by atoms with Gasteiger partial charge in [-0.05, 0) is 19.1 Å². The number of rotatable bonds is 5. The first-order valence-corrected chi connectivity index (χ1v) is 9.62. The van der Waals surface area contributed by atoms with Gasteiger partial charge in [-0.3, -0.25) is 0 Å². The highest BCUT2D eigenvalue weighted by Crippen LogP contribution is 2.25. The van der Waals surface area contributed by atoms with E-state index in [1.807, 2.05) is 60.7 Å². The van der Waals surface area contributed by atoms with E-state index in [2.05, 4.69) is 51.7 Å². The lowest BCUT2D eigenvalue weighted by atomic mass is 10.1. The van der Waals surface area contributed by atoms with Crippen LogP contribution in [0.4, 0.5) is 5.95 Å². The molecule has 0 saturated heterocycles. The lowest BCUT2D eigenvalue weighted by Crippen LogP contribution is -2.00. The number of hydrogen-bond donors (Lipinski definition) is 1. The van der Waals surface area contributed by atoms with E-state index in [-0.39, 0.29) is 0 Å². The zero-order chi connectivity index (χ0) is 20.1. The van der Waals surface area contributed by atoms with Crippen molar-refractivity contribution in [2.45, 2.75) is 6.92 Å². The summed E-state index contributed by atoms with van der Waals surface area (Å²) in [5.74, 6) is 0.422. The maximum atomic E-state index is 6.18. The molecule has 4 nitrogen and oxygen atoms in total. The van der Waals surface area contributed by atoms with Crippen molar-refractivity contribution in [3.63, 3.8) is 0 Å². The first kappa shape index (κ1) is 18.8. The van der Waals surface area contributed by atoms with Crippen LogP contribution in [0.2, 0.25) is 5.02 Å². The second-order valence-corrected chi connectivity index (χ2v) is 6.99. The minimum atomic E-state index is 0.422. The minimum Gasteiger partial charge on any atom is -0.245 e. The highest BCUT2D eigenvalue weighted by Gasteiger charge is 2.08. The summed E-state index contributed by atoms with van der Waals surface area (Å²) in [6.07, 6.45) is 1.66. The van der Waals surface area contributed by atoms with Gasteiger partial charge in [0.25, 0.3) is 0 Å². The second-order valence-electron chi connectivity index (χ2n) is 6.59. The number of benzene rings is 3. The Morgan fingerprint density at radius 2 is 1.41 bits per heavy atom. The first-order valence-electron chi connectivity index (χ1n) is 9.24. The molecule has 0 amide bonds. The summed E-state index contributed by atoms with van der Waals surface area (Å²) in [4.78, 5) is 9.27. The number of hydrazone groups is 1. The van der Waals surface area contributed by atoms with Crippen molar-refractivity contribution in [2.75, 3.05) is 5.43 Å². The predicted molar refractivity (Wildman–Crippen MR) is 120 cm³/mol. The van der Waals surface area contributed by atoms with E-state index in [4.69, 9.17) is 11.6 Å². The summed E-state index contributed by atoms with van der Waals surface area (Å²) in [6.45, 7) is 2.07. The summed E-state index contributed by atoms with van der Waals surface area (Å²) >= 11 is 6.18. The van der Waals surface area contributed by atoms with E-state index in [1.165, 1.54) is 5.56 Å². The molecule has 0 saturated carbocycles. The fourth-order valence-electron chi connectivity index (χ4n) is 2.87. The van der Waals surface area contributed by atoms with Gasteiger partial charge >= 0.3 is 0 Å². The van der Waals surface area contributed by atoms with Crippen molar-refractivity contribution in [1.29, 1.82) is 0 Å². The van der Waals surface area contributed by atoms with Crippen LogP contribution < -0.4 is 5.43 Å². The Labute approximate surface area is 174 Å². The van der Waals surface area contributed by atoms with E-state index in [1.54, 1.807) is 6.21 Å². The average molecular weight is 399 g/mol. The Morgan fingerprint density at radius 3 is 2.10 bits per heavy atom. The highest BCUT2D eigenvalue weighted by atomic mass is 35.5. The quantitative estimate of drug-likeness (QED) is 0.320. The number of hydrogen-bond acceptors (Lipinski definition) is 4. The topological polar surface area (TPSA) is 50.2 Å². The largest absolute Gasteiger partial charge is 0.245 e. The molecule has 4 rings (SSSR count). The van der Waals surface area contributed by atoms with Crippen LogP contribution in [0, 0.1) is 6.92 Å². The number of aromatic nitrogens is 2. The molecule has 4 aromatic rings. The number of anilines is 1. The third kappa shape index (κ3) is 4.68. The molecule has 0 aliphatic carbocycles. The summed E-state index contributed by atoms with van der Waals surface area (Å²) in [7, 11) is 0.